The standard InChI is InChI=1S/C26H19ClFNO/c27-20-12-9-18(10-13-20)22-15-25(30)29(16-19-6-2-4-8-23(19)28)24-14-11-17-5-1-3-7-21(17)26(22)24/h1-14,22H,15-16H2. The van der Waals surface area contributed by atoms with E-state index in [0.717, 1.165) is 27.6 Å². The van der Waals surface area contributed by atoms with Crippen molar-refractivity contribution in [2.75, 3.05) is 4.90 Å². The van der Waals surface area contributed by atoms with Crippen molar-refractivity contribution >= 4 is 34.0 Å². The Morgan fingerprint density at radius 1 is 0.900 bits per heavy atom. The molecule has 0 bridgehead atoms. The van der Waals surface area contributed by atoms with Crippen LogP contribution >= 0.6 is 11.6 Å². The van der Waals surface area contributed by atoms with Crippen LogP contribution in [0.4, 0.5) is 10.1 Å². The monoisotopic (exact) mass is 415 g/mol. The topological polar surface area (TPSA) is 20.3 Å². The lowest BCUT2D eigenvalue weighted by atomic mass is 9.81. The molecule has 1 heterocycles. The Morgan fingerprint density at radius 3 is 2.43 bits per heavy atom. The molecule has 0 aromatic heterocycles. The predicted molar refractivity (Wildman–Crippen MR) is 119 cm³/mol. The van der Waals surface area contributed by atoms with Crippen molar-refractivity contribution in [3.8, 4) is 0 Å². The molecule has 4 heteroatoms. The number of carbonyl (C=O) groups is 1. The highest BCUT2D eigenvalue weighted by atomic mass is 35.5. The minimum Gasteiger partial charge on any atom is -0.308 e. The van der Waals surface area contributed by atoms with Gasteiger partial charge in [0.25, 0.3) is 0 Å². The van der Waals surface area contributed by atoms with Crippen LogP contribution in [0, 0.1) is 5.82 Å². The summed E-state index contributed by atoms with van der Waals surface area (Å²) in [5, 5.41) is 2.90. The summed E-state index contributed by atoms with van der Waals surface area (Å²) in [5.41, 5.74) is 3.50. The zero-order valence-electron chi connectivity index (χ0n) is 16.2. The average Bonchev–Trinajstić information content (AvgIpc) is 2.77. The van der Waals surface area contributed by atoms with Crippen LogP contribution in [0.5, 0.6) is 0 Å². The zero-order valence-corrected chi connectivity index (χ0v) is 16.9. The molecule has 0 radical (unpaired) electrons. The zero-order chi connectivity index (χ0) is 20.7. The summed E-state index contributed by atoms with van der Waals surface area (Å²) in [5.74, 6) is -0.388. The lowest BCUT2D eigenvalue weighted by Gasteiger charge is -2.35. The van der Waals surface area contributed by atoms with Gasteiger partial charge < -0.3 is 4.90 Å². The van der Waals surface area contributed by atoms with Gasteiger partial charge in [0.05, 0.1) is 6.54 Å². The molecule has 1 atom stereocenters. The normalized spacial score (nSPS) is 16.0. The maximum atomic E-state index is 14.3. The molecule has 4 aromatic rings. The largest absolute Gasteiger partial charge is 0.308 e. The van der Waals surface area contributed by atoms with Crippen molar-refractivity contribution in [3.63, 3.8) is 0 Å². The number of fused-ring (bicyclic) bond motifs is 3. The number of hydrogen-bond acceptors (Lipinski definition) is 1. The van der Waals surface area contributed by atoms with Gasteiger partial charge >= 0.3 is 0 Å². The molecule has 0 saturated carbocycles. The second-order valence-electron chi connectivity index (χ2n) is 7.60. The van der Waals surface area contributed by atoms with Crippen molar-refractivity contribution in [1.29, 1.82) is 0 Å². The van der Waals surface area contributed by atoms with Crippen LogP contribution in [0.1, 0.15) is 29.0 Å². The number of benzene rings is 4. The first kappa shape index (κ1) is 18.8. The molecule has 4 aromatic carbocycles. The molecule has 1 amide bonds. The van der Waals surface area contributed by atoms with Gasteiger partial charge in [0.2, 0.25) is 5.91 Å². The third kappa shape index (κ3) is 3.25. The molecule has 30 heavy (non-hydrogen) atoms. The molecule has 0 spiro atoms. The molecule has 0 aliphatic carbocycles. The fourth-order valence-corrected chi connectivity index (χ4v) is 4.48. The molecule has 5 rings (SSSR count). The summed E-state index contributed by atoms with van der Waals surface area (Å²) in [4.78, 5) is 15.0. The van der Waals surface area contributed by atoms with E-state index in [1.807, 2.05) is 48.5 Å². The fraction of sp³-hybridized carbons (Fsp3) is 0.115. The van der Waals surface area contributed by atoms with E-state index in [-0.39, 0.29) is 24.2 Å². The molecule has 0 fully saturated rings. The predicted octanol–water partition coefficient (Wildman–Crippen LogP) is 6.70. The highest BCUT2D eigenvalue weighted by molar-refractivity contribution is 6.30. The highest BCUT2D eigenvalue weighted by Gasteiger charge is 2.34. The van der Waals surface area contributed by atoms with Gasteiger partial charge in [0.15, 0.2) is 0 Å². The summed E-state index contributed by atoms with van der Waals surface area (Å²) >= 11 is 6.09. The first-order valence-corrected chi connectivity index (χ1v) is 10.3. The van der Waals surface area contributed by atoms with E-state index < -0.39 is 0 Å². The van der Waals surface area contributed by atoms with Crippen LogP contribution in [0.2, 0.25) is 5.02 Å². The van der Waals surface area contributed by atoms with Gasteiger partial charge in [-0.25, -0.2) is 4.39 Å². The van der Waals surface area contributed by atoms with Gasteiger partial charge in [-0.2, -0.15) is 0 Å². The summed E-state index contributed by atoms with van der Waals surface area (Å²) in [6.07, 6.45) is 0.330. The quantitative estimate of drug-likeness (QED) is 0.364. The lowest BCUT2D eigenvalue weighted by Crippen LogP contribution is -2.36. The number of amides is 1. The Morgan fingerprint density at radius 2 is 1.63 bits per heavy atom. The van der Waals surface area contributed by atoms with Gasteiger partial charge in [-0.3, -0.25) is 4.79 Å². The third-order valence-electron chi connectivity index (χ3n) is 5.83. The van der Waals surface area contributed by atoms with E-state index in [1.165, 1.54) is 6.07 Å². The smallest absolute Gasteiger partial charge is 0.228 e. The van der Waals surface area contributed by atoms with Crippen molar-refractivity contribution in [3.05, 3.63) is 112 Å². The minimum absolute atomic E-state index is 0.0130. The number of rotatable bonds is 3. The van der Waals surface area contributed by atoms with Crippen LogP contribution in [0.25, 0.3) is 10.8 Å². The van der Waals surface area contributed by atoms with Crippen molar-refractivity contribution < 1.29 is 9.18 Å². The van der Waals surface area contributed by atoms with E-state index in [4.69, 9.17) is 11.6 Å². The van der Waals surface area contributed by atoms with Gasteiger partial charge in [-0.05, 0) is 46.2 Å². The Bertz CT molecular complexity index is 1250. The Kier molecular flexibility index (Phi) is 4.76. The minimum atomic E-state index is -0.299. The number of hydrogen-bond donors (Lipinski definition) is 0. The second-order valence-corrected chi connectivity index (χ2v) is 8.04. The Balaban J connectivity index is 1.69. The average molecular weight is 416 g/mol. The van der Waals surface area contributed by atoms with E-state index in [0.29, 0.717) is 17.0 Å². The van der Waals surface area contributed by atoms with E-state index in [1.54, 1.807) is 23.1 Å². The summed E-state index contributed by atoms with van der Waals surface area (Å²) in [7, 11) is 0. The van der Waals surface area contributed by atoms with Crippen molar-refractivity contribution in [2.45, 2.75) is 18.9 Å². The van der Waals surface area contributed by atoms with Crippen LogP contribution in [-0.2, 0) is 11.3 Å². The van der Waals surface area contributed by atoms with Gasteiger partial charge in [0, 0.05) is 28.6 Å². The Labute approximate surface area is 179 Å². The maximum absolute atomic E-state index is 14.3. The highest BCUT2D eigenvalue weighted by Crippen LogP contribution is 2.44. The van der Waals surface area contributed by atoms with E-state index in [2.05, 4.69) is 12.1 Å². The first-order valence-electron chi connectivity index (χ1n) is 9.92. The molecule has 1 aliphatic rings. The van der Waals surface area contributed by atoms with Gasteiger partial charge in [-0.1, -0.05) is 72.3 Å². The number of halogens is 2. The molecule has 1 unspecified atom stereocenters. The molecule has 1 aliphatic heterocycles. The molecule has 0 N–H and O–H groups in total. The molecule has 2 nitrogen and oxygen atoms in total. The number of carbonyl (C=O) groups excluding carboxylic acids is 1. The third-order valence-corrected chi connectivity index (χ3v) is 6.08. The van der Waals surface area contributed by atoms with Crippen LogP contribution in [0.3, 0.4) is 0 Å². The van der Waals surface area contributed by atoms with E-state index >= 15 is 0 Å². The maximum Gasteiger partial charge on any atom is 0.228 e. The molecular formula is C26H19ClFNO. The van der Waals surface area contributed by atoms with Crippen LogP contribution < -0.4 is 4.90 Å². The van der Waals surface area contributed by atoms with Gasteiger partial charge in [-0.15, -0.1) is 0 Å². The van der Waals surface area contributed by atoms with Gasteiger partial charge in [0.1, 0.15) is 5.82 Å². The van der Waals surface area contributed by atoms with Crippen LogP contribution in [-0.4, -0.2) is 5.91 Å². The Hall–Kier alpha value is -3.17. The summed E-state index contributed by atoms with van der Waals surface area (Å²) in [6.45, 7) is 0.212. The summed E-state index contributed by atoms with van der Waals surface area (Å²) < 4.78 is 14.3. The molecular weight excluding hydrogens is 397 g/mol. The number of nitrogens with zero attached hydrogens (tertiary/aromatic N) is 1. The van der Waals surface area contributed by atoms with E-state index in [9.17, 15) is 9.18 Å². The first-order chi connectivity index (χ1) is 14.6. The van der Waals surface area contributed by atoms with Crippen molar-refractivity contribution in [2.24, 2.45) is 0 Å². The fourth-order valence-electron chi connectivity index (χ4n) is 4.36. The van der Waals surface area contributed by atoms with Crippen molar-refractivity contribution in [1.82, 2.24) is 0 Å². The number of anilines is 1. The SMILES string of the molecule is O=C1CC(c2ccc(Cl)cc2)c2c(ccc3ccccc23)N1Cc1ccccc1F. The van der Waals surface area contributed by atoms with Crippen LogP contribution in [0.15, 0.2) is 84.9 Å². The molecule has 0 saturated heterocycles. The second kappa shape index (κ2) is 7.58. The molecule has 148 valence electrons. The summed E-state index contributed by atoms with van der Waals surface area (Å²) in [6, 6.07) is 26.5. The lowest BCUT2D eigenvalue weighted by molar-refractivity contribution is -0.119.